The molecule has 0 bridgehead atoms. The first kappa shape index (κ1) is 15.5. The third-order valence-corrected chi connectivity index (χ3v) is 4.52. The van der Waals surface area contributed by atoms with Crippen molar-refractivity contribution in [1.29, 1.82) is 0 Å². The molecule has 0 radical (unpaired) electrons. The number of benzene rings is 1. The van der Waals surface area contributed by atoms with Crippen molar-refractivity contribution < 1.29 is 5.11 Å². The highest BCUT2D eigenvalue weighted by Crippen LogP contribution is 2.21. The number of aliphatic hydroxyl groups is 1. The zero-order valence-corrected chi connectivity index (χ0v) is 13.0. The second-order valence-corrected chi connectivity index (χ2v) is 5.94. The van der Waals surface area contributed by atoms with Gasteiger partial charge in [-0.1, -0.05) is 31.2 Å². The lowest BCUT2D eigenvalue weighted by Gasteiger charge is -2.39. The summed E-state index contributed by atoms with van der Waals surface area (Å²) in [6.07, 6.45) is 0.486. The van der Waals surface area contributed by atoms with Gasteiger partial charge in [0.05, 0.1) is 6.10 Å². The van der Waals surface area contributed by atoms with Crippen molar-refractivity contribution in [1.82, 2.24) is 9.80 Å². The third-order valence-electron chi connectivity index (χ3n) is 4.52. The van der Waals surface area contributed by atoms with E-state index in [0.717, 1.165) is 44.7 Å². The van der Waals surface area contributed by atoms with E-state index in [1.165, 1.54) is 5.56 Å². The van der Waals surface area contributed by atoms with Gasteiger partial charge in [0.2, 0.25) is 0 Å². The van der Waals surface area contributed by atoms with E-state index >= 15 is 0 Å². The van der Waals surface area contributed by atoms with E-state index in [1.54, 1.807) is 0 Å². The van der Waals surface area contributed by atoms with Gasteiger partial charge in [0.25, 0.3) is 0 Å². The molecule has 1 aliphatic heterocycles. The molecule has 0 amide bonds. The van der Waals surface area contributed by atoms with Gasteiger partial charge >= 0.3 is 0 Å². The van der Waals surface area contributed by atoms with Gasteiger partial charge in [-0.15, -0.1) is 0 Å². The minimum absolute atomic E-state index is 0.337. The number of hydrogen-bond acceptors (Lipinski definition) is 3. The fraction of sp³-hybridized carbons (Fsp3) is 0.647. The maximum Gasteiger partial charge on any atom is 0.0804 e. The summed E-state index contributed by atoms with van der Waals surface area (Å²) in [5.41, 5.74) is 2.26. The van der Waals surface area contributed by atoms with Crippen molar-refractivity contribution in [2.24, 2.45) is 0 Å². The Morgan fingerprint density at radius 2 is 2.05 bits per heavy atom. The SMILES string of the molecule is CCN1CCN(CCC(O)c2ccccc2C)CC1C. The lowest BCUT2D eigenvalue weighted by atomic mass is 10.0. The van der Waals surface area contributed by atoms with Gasteiger partial charge < -0.3 is 10.0 Å². The summed E-state index contributed by atoms with van der Waals surface area (Å²) in [7, 11) is 0. The molecule has 2 unspecified atom stereocenters. The molecular weight excluding hydrogens is 248 g/mol. The van der Waals surface area contributed by atoms with Crippen LogP contribution in [0.4, 0.5) is 0 Å². The maximum absolute atomic E-state index is 10.4. The molecule has 20 heavy (non-hydrogen) atoms. The lowest BCUT2D eigenvalue weighted by molar-refractivity contribution is 0.0718. The fourth-order valence-corrected chi connectivity index (χ4v) is 3.16. The predicted molar refractivity (Wildman–Crippen MR) is 83.9 cm³/mol. The Kier molecular flexibility index (Phi) is 5.58. The molecule has 1 aromatic carbocycles. The average Bonchev–Trinajstić information content (AvgIpc) is 2.45. The van der Waals surface area contributed by atoms with Crippen LogP contribution in [0.5, 0.6) is 0 Å². The molecule has 0 saturated carbocycles. The Morgan fingerprint density at radius 1 is 1.30 bits per heavy atom. The van der Waals surface area contributed by atoms with Crippen LogP contribution in [0.25, 0.3) is 0 Å². The normalized spacial score (nSPS) is 22.9. The molecule has 2 rings (SSSR count). The second kappa shape index (κ2) is 7.21. The first-order valence-corrected chi connectivity index (χ1v) is 7.81. The van der Waals surface area contributed by atoms with Crippen LogP contribution in [0.1, 0.15) is 37.5 Å². The Morgan fingerprint density at radius 3 is 2.70 bits per heavy atom. The summed E-state index contributed by atoms with van der Waals surface area (Å²) < 4.78 is 0. The molecule has 0 aromatic heterocycles. The number of nitrogens with zero attached hydrogens (tertiary/aromatic N) is 2. The van der Waals surface area contributed by atoms with Crippen molar-refractivity contribution in [3.05, 3.63) is 35.4 Å². The quantitative estimate of drug-likeness (QED) is 0.895. The monoisotopic (exact) mass is 276 g/mol. The van der Waals surface area contributed by atoms with Gasteiger partial charge in [0.1, 0.15) is 0 Å². The maximum atomic E-state index is 10.4. The Hall–Kier alpha value is -0.900. The second-order valence-electron chi connectivity index (χ2n) is 5.94. The van der Waals surface area contributed by atoms with Crippen molar-refractivity contribution in [2.45, 2.75) is 39.3 Å². The molecule has 3 nitrogen and oxygen atoms in total. The van der Waals surface area contributed by atoms with Crippen LogP contribution in [-0.4, -0.2) is 53.7 Å². The van der Waals surface area contributed by atoms with E-state index in [4.69, 9.17) is 0 Å². The van der Waals surface area contributed by atoms with Gasteiger partial charge in [0.15, 0.2) is 0 Å². The molecule has 1 saturated heterocycles. The first-order chi connectivity index (χ1) is 9.61. The number of hydrogen-bond donors (Lipinski definition) is 1. The topological polar surface area (TPSA) is 26.7 Å². The first-order valence-electron chi connectivity index (χ1n) is 7.81. The molecule has 1 fully saturated rings. The molecule has 1 aromatic rings. The van der Waals surface area contributed by atoms with Crippen LogP contribution in [0, 0.1) is 6.92 Å². The van der Waals surface area contributed by atoms with Crippen LogP contribution < -0.4 is 0 Å². The number of aliphatic hydroxyl groups excluding tert-OH is 1. The van der Waals surface area contributed by atoms with E-state index < -0.39 is 0 Å². The zero-order valence-electron chi connectivity index (χ0n) is 13.0. The molecule has 112 valence electrons. The van der Waals surface area contributed by atoms with Crippen LogP contribution in [0.15, 0.2) is 24.3 Å². The summed E-state index contributed by atoms with van der Waals surface area (Å²) in [6, 6.07) is 8.77. The van der Waals surface area contributed by atoms with E-state index in [9.17, 15) is 5.11 Å². The standard InChI is InChI=1S/C17H28N2O/c1-4-19-12-11-18(13-15(19)3)10-9-17(20)16-8-6-5-7-14(16)2/h5-8,15,17,20H,4,9-13H2,1-3H3. The smallest absolute Gasteiger partial charge is 0.0804 e. The highest BCUT2D eigenvalue weighted by molar-refractivity contribution is 5.27. The van der Waals surface area contributed by atoms with Crippen LogP contribution in [-0.2, 0) is 0 Å². The Bertz CT molecular complexity index is 421. The van der Waals surface area contributed by atoms with Gasteiger partial charge in [-0.25, -0.2) is 0 Å². The number of aryl methyl sites for hydroxylation is 1. The third kappa shape index (κ3) is 3.81. The van der Waals surface area contributed by atoms with E-state index in [0.29, 0.717) is 6.04 Å². The highest BCUT2D eigenvalue weighted by atomic mass is 16.3. The van der Waals surface area contributed by atoms with Gasteiger partial charge in [-0.3, -0.25) is 4.90 Å². The number of piperazine rings is 1. The van der Waals surface area contributed by atoms with Crippen molar-refractivity contribution in [3.63, 3.8) is 0 Å². The Labute approximate surface area is 123 Å². The van der Waals surface area contributed by atoms with E-state index in [2.05, 4.69) is 36.6 Å². The summed E-state index contributed by atoms with van der Waals surface area (Å²) in [6.45, 7) is 12.1. The number of rotatable bonds is 5. The van der Waals surface area contributed by atoms with Crippen molar-refractivity contribution >= 4 is 0 Å². The Balaban J connectivity index is 1.82. The van der Waals surface area contributed by atoms with Crippen LogP contribution in [0.2, 0.25) is 0 Å². The summed E-state index contributed by atoms with van der Waals surface area (Å²) in [4.78, 5) is 5.01. The molecule has 2 atom stereocenters. The van der Waals surface area contributed by atoms with E-state index in [-0.39, 0.29) is 6.10 Å². The van der Waals surface area contributed by atoms with Crippen LogP contribution in [0.3, 0.4) is 0 Å². The fourth-order valence-electron chi connectivity index (χ4n) is 3.16. The molecule has 1 aliphatic rings. The molecule has 1 heterocycles. The van der Waals surface area contributed by atoms with Crippen molar-refractivity contribution in [3.8, 4) is 0 Å². The molecule has 1 N–H and O–H groups in total. The summed E-state index contributed by atoms with van der Waals surface area (Å²) in [5.74, 6) is 0. The average molecular weight is 276 g/mol. The van der Waals surface area contributed by atoms with E-state index in [1.807, 2.05) is 18.2 Å². The van der Waals surface area contributed by atoms with Crippen molar-refractivity contribution in [2.75, 3.05) is 32.7 Å². The summed E-state index contributed by atoms with van der Waals surface area (Å²) in [5, 5.41) is 10.4. The predicted octanol–water partition coefficient (Wildman–Crippen LogP) is 2.44. The van der Waals surface area contributed by atoms with Crippen LogP contribution >= 0.6 is 0 Å². The highest BCUT2D eigenvalue weighted by Gasteiger charge is 2.22. The molecule has 0 aliphatic carbocycles. The zero-order chi connectivity index (χ0) is 14.5. The van der Waals surface area contributed by atoms with Gasteiger partial charge in [0, 0.05) is 32.2 Å². The molecular formula is C17H28N2O. The minimum Gasteiger partial charge on any atom is -0.388 e. The molecule has 3 heteroatoms. The summed E-state index contributed by atoms with van der Waals surface area (Å²) >= 11 is 0. The van der Waals surface area contributed by atoms with Gasteiger partial charge in [-0.05, 0) is 37.9 Å². The number of likely N-dealkylation sites (N-methyl/N-ethyl adjacent to an activating group) is 1. The molecule has 0 spiro atoms. The minimum atomic E-state index is -0.337. The van der Waals surface area contributed by atoms with Gasteiger partial charge in [-0.2, -0.15) is 0 Å². The largest absolute Gasteiger partial charge is 0.388 e. The lowest BCUT2D eigenvalue weighted by Crippen LogP contribution is -2.51.